The van der Waals surface area contributed by atoms with Crippen LogP contribution in [0.1, 0.15) is 73.1 Å². The maximum atomic E-state index is 6.16. The van der Waals surface area contributed by atoms with Gasteiger partial charge in [0.2, 0.25) is 0 Å². The largest absolute Gasteiger partial charge is 0.382 e. The van der Waals surface area contributed by atoms with Crippen molar-refractivity contribution in [2.45, 2.75) is 73.1 Å². The Kier molecular flexibility index (Phi) is 5.82. The zero-order valence-electron chi connectivity index (χ0n) is 20.4. The third-order valence-electron chi connectivity index (χ3n) is 9.20. The van der Waals surface area contributed by atoms with Gasteiger partial charge in [-0.2, -0.15) is 0 Å². The van der Waals surface area contributed by atoms with Gasteiger partial charge in [0.15, 0.2) is 11.6 Å². The SMILES string of the molecule is CC1=CCC[C@@H]2[C@@](C)(CC/C(C)=C/CN3CN(C)c4ncnc(N)c43)[C@H](C)CC[C@@]12C. The molecule has 31 heavy (non-hydrogen) atoms. The van der Waals surface area contributed by atoms with E-state index in [0.717, 1.165) is 36.6 Å². The third-order valence-corrected chi connectivity index (χ3v) is 9.20. The maximum Gasteiger partial charge on any atom is 0.159 e. The minimum atomic E-state index is 0.401. The Morgan fingerprint density at radius 3 is 2.84 bits per heavy atom. The summed E-state index contributed by atoms with van der Waals surface area (Å²) < 4.78 is 0. The van der Waals surface area contributed by atoms with Crippen molar-refractivity contribution in [2.75, 3.05) is 35.8 Å². The fourth-order valence-electron chi connectivity index (χ4n) is 6.67. The highest BCUT2D eigenvalue weighted by Gasteiger charge is 2.52. The molecule has 1 fully saturated rings. The predicted octanol–water partition coefficient (Wildman–Crippen LogP) is 5.80. The number of hydrogen-bond donors (Lipinski definition) is 1. The molecule has 170 valence electrons. The van der Waals surface area contributed by atoms with E-state index in [1.807, 2.05) is 0 Å². The number of nitrogen functional groups attached to an aromatic ring is 1. The van der Waals surface area contributed by atoms with E-state index in [4.69, 9.17) is 5.73 Å². The van der Waals surface area contributed by atoms with E-state index in [2.05, 4.69) is 73.6 Å². The Morgan fingerprint density at radius 2 is 2.06 bits per heavy atom. The van der Waals surface area contributed by atoms with Crippen LogP contribution in [0.2, 0.25) is 0 Å². The molecule has 1 aromatic heterocycles. The lowest BCUT2D eigenvalue weighted by Gasteiger charge is -2.58. The molecule has 2 aliphatic carbocycles. The molecule has 0 radical (unpaired) electrons. The van der Waals surface area contributed by atoms with E-state index in [0.29, 0.717) is 16.6 Å². The zero-order valence-corrected chi connectivity index (χ0v) is 20.4. The minimum absolute atomic E-state index is 0.401. The summed E-state index contributed by atoms with van der Waals surface area (Å²) >= 11 is 0. The first kappa shape index (κ1) is 22.2. The zero-order chi connectivity index (χ0) is 22.4. The fraction of sp³-hybridized carbons (Fsp3) is 0.692. The molecule has 1 aliphatic heterocycles. The van der Waals surface area contributed by atoms with Gasteiger partial charge >= 0.3 is 0 Å². The van der Waals surface area contributed by atoms with Crippen LogP contribution >= 0.6 is 0 Å². The van der Waals surface area contributed by atoms with Crippen molar-refractivity contribution in [1.82, 2.24) is 9.97 Å². The van der Waals surface area contributed by atoms with Gasteiger partial charge in [-0.3, -0.25) is 0 Å². The first-order valence-corrected chi connectivity index (χ1v) is 12.1. The summed E-state index contributed by atoms with van der Waals surface area (Å²) in [5, 5.41) is 0. The highest BCUT2D eigenvalue weighted by Crippen LogP contribution is 2.61. The summed E-state index contributed by atoms with van der Waals surface area (Å²) in [7, 11) is 2.06. The molecule has 2 heterocycles. The van der Waals surface area contributed by atoms with Crippen LogP contribution < -0.4 is 15.5 Å². The van der Waals surface area contributed by atoms with Gasteiger partial charge in [0.1, 0.15) is 12.0 Å². The molecule has 5 nitrogen and oxygen atoms in total. The second kappa shape index (κ2) is 8.14. The molecular weight excluding hydrogens is 382 g/mol. The van der Waals surface area contributed by atoms with Gasteiger partial charge in [-0.05, 0) is 75.0 Å². The molecule has 0 spiro atoms. The lowest BCUT2D eigenvalue weighted by Crippen LogP contribution is -2.49. The smallest absolute Gasteiger partial charge is 0.159 e. The van der Waals surface area contributed by atoms with Crippen molar-refractivity contribution in [1.29, 1.82) is 0 Å². The number of allylic oxidation sites excluding steroid dienone is 3. The summed E-state index contributed by atoms with van der Waals surface area (Å²) in [6.45, 7) is 14.0. The predicted molar refractivity (Wildman–Crippen MR) is 131 cm³/mol. The van der Waals surface area contributed by atoms with E-state index >= 15 is 0 Å². The quantitative estimate of drug-likeness (QED) is 0.607. The van der Waals surface area contributed by atoms with E-state index in [-0.39, 0.29) is 0 Å². The van der Waals surface area contributed by atoms with Crippen molar-refractivity contribution in [3.8, 4) is 0 Å². The van der Waals surface area contributed by atoms with Crippen LogP contribution in [0.25, 0.3) is 0 Å². The van der Waals surface area contributed by atoms with Gasteiger partial charge in [0.05, 0.1) is 6.67 Å². The molecular formula is C26H41N5. The summed E-state index contributed by atoms with van der Waals surface area (Å²) in [6.07, 6.45) is 14.2. The number of nitrogens with two attached hydrogens (primary N) is 1. The lowest BCUT2D eigenvalue weighted by molar-refractivity contribution is -0.0466. The van der Waals surface area contributed by atoms with Gasteiger partial charge in [0.25, 0.3) is 0 Å². The van der Waals surface area contributed by atoms with Crippen LogP contribution in [0.3, 0.4) is 0 Å². The Labute approximate surface area is 188 Å². The number of aromatic nitrogens is 2. The maximum absolute atomic E-state index is 6.16. The van der Waals surface area contributed by atoms with E-state index in [1.165, 1.54) is 44.1 Å². The highest BCUT2D eigenvalue weighted by molar-refractivity contribution is 5.81. The molecule has 3 aliphatic rings. The van der Waals surface area contributed by atoms with E-state index < -0.39 is 0 Å². The average molecular weight is 424 g/mol. The van der Waals surface area contributed by atoms with Crippen molar-refractivity contribution in [3.05, 3.63) is 29.6 Å². The number of rotatable bonds is 5. The third kappa shape index (κ3) is 3.74. The topological polar surface area (TPSA) is 58.3 Å². The van der Waals surface area contributed by atoms with Crippen molar-refractivity contribution >= 4 is 17.3 Å². The number of anilines is 3. The van der Waals surface area contributed by atoms with Crippen molar-refractivity contribution in [2.24, 2.45) is 22.7 Å². The fourth-order valence-corrected chi connectivity index (χ4v) is 6.67. The second-order valence-electron chi connectivity index (χ2n) is 10.9. The second-order valence-corrected chi connectivity index (χ2v) is 10.9. The molecule has 5 heteroatoms. The Bertz CT molecular complexity index is 890. The lowest BCUT2D eigenvalue weighted by atomic mass is 9.47. The molecule has 1 saturated carbocycles. The summed E-state index contributed by atoms with van der Waals surface area (Å²) in [5.41, 5.74) is 11.1. The van der Waals surface area contributed by atoms with Gasteiger partial charge in [-0.1, -0.05) is 44.1 Å². The molecule has 0 bridgehead atoms. The Balaban J connectivity index is 1.44. The molecule has 0 aromatic carbocycles. The number of hydrogen-bond acceptors (Lipinski definition) is 5. The normalized spacial score (nSPS) is 33.2. The van der Waals surface area contributed by atoms with Crippen LogP contribution in [-0.4, -0.2) is 30.2 Å². The number of nitrogens with zero attached hydrogens (tertiary/aromatic N) is 4. The minimum Gasteiger partial charge on any atom is -0.382 e. The molecule has 2 N–H and O–H groups in total. The molecule has 1 aromatic rings. The molecule has 0 saturated heterocycles. The van der Waals surface area contributed by atoms with Crippen LogP contribution in [0.4, 0.5) is 17.3 Å². The summed E-state index contributed by atoms with van der Waals surface area (Å²) in [6, 6.07) is 0. The molecule has 0 amide bonds. The molecule has 0 unspecified atom stereocenters. The Morgan fingerprint density at radius 1 is 1.29 bits per heavy atom. The van der Waals surface area contributed by atoms with Crippen LogP contribution in [0.15, 0.2) is 29.6 Å². The first-order chi connectivity index (χ1) is 14.7. The molecule has 4 atom stereocenters. The average Bonchev–Trinajstić information content (AvgIpc) is 3.07. The van der Waals surface area contributed by atoms with Gasteiger partial charge < -0.3 is 15.5 Å². The summed E-state index contributed by atoms with van der Waals surface area (Å²) in [4.78, 5) is 13.0. The highest BCUT2D eigenvalue weighted by atomic mass is 15.4. The van der Waals surface area contributed by atoms with Crippen molar-refractivity contribution in [3.63, 3.8) is 0 Å². The Hall–Kier alpha value is -2.04. The standard InChI is InChI=1S/C26H41N5/c1-18(12-15-31-17-30(6)24-22(31)23(27)28-16-29-24)10-13-25(4)20(3)11-14-26(5)19(2)8-7-9-21(25)26/h8,12,16,20-21H,7,9-11,13-15,17H2,1-6H3,(H2,27,28,29)/b18-12+/t20-,21-,25+,26+/m1/s1. The van der Waals surface area contributed by atoms with Gasteiger partial charge in [-0.15, -0.1) is 0 Å². The van der Waals surface area contributed by atoms with E-state index in [1.54, 1.807) is 11.9 Å². The van der Waals surface area contributed by atoms with Crippen LogP contribution in [0.5, 0.6) is 0 Å². The molecule has 4 rings (SSSR count). The van der Waals surface area contributed by atoms with Gasteiger partial charge in [-0.25, -0.2) is 9.97 Å². The first-order valence-electron chi connectivity index (χ1n) is 12.1. The van der Waals surface area contributed by atoms with Crippen molar-refractivity contribution < 1.29 is 0 Å². The monoisotopic (exact) mass is 423 g/mol. The number of fused-ring (bicyclic) bond motifs is 2. The summed E-state index contributed by atoms with van der Waals surface area (Å²) in [5.74, 6) is 3.10. The van der Waals surface area contributed by atoms with E-state index in [9.17, 15) is 0 Å². The van der Waals surface area contributed by atoms with Gasteiger partial charge in [0, 0.05) is 13.6 Å². The van der Waals surface area contributed by atoms with Crippen LogP contribution in [-0.2, 0) is 0 Å². The van der Waals surface area contributed by atoms with Crippen LogP contribution in [0, 0.1) is 22.7 Å².